The van der Waals surface area contributed by atoms with Crippen LogP contribution in [0, 0.1) is 5.92 Å². The van der Waals surface area contributed by atoms with Gasteiger partial charge in [-0.05, 0) is 62.3 Å². The van der Waals surface area contributed by atoms with Gasteiger partial charge in [0.1, 0.15) is 5.56 Å². The van der Waals surface area contributed by atoms with Crippen molar-refractivity contribution < 1.29 is 4.79 Å². The highest BCUT2D eigenvalue weighted by molar-refractivity contribution is 5.93. The van der Waals surface area contributed by atoms with Crippen molar-refractivity contribution in [2.24, 2.45) is 5.92 Å². The highest BCUT2D eigenvalue weighted by Gasteiger charge is 2.32. The molecule has 7 heteroatoms. The molecule has 1 saturated heterocycles. The molecule has 1 aliphatic carbocycles. The third kappa shape index (κ3) is 2.89. The standard InChI is InChI=1S/C21H27N5O2/c1-25(12-18-15-4-2-3-5-17(15)23-24-18)20(27)16-6-7-19-14-8-13(9-22-10-14)11-26(19)21(16)28/h6-7,13-14,22H,2-5,8-12H2,1H3,(H,23,24)/t13-,14+/m0/s1. The van der Waals surface area contributed by atoms with Crippen LogP contribution in [-0.4, -0.2) is 45.7 Å². The molecule has 2 aromatic rings. The first-order chi connectivity index (χ1) is 13.6. The molecule has 1 fully saturated rings. The molecule has 2 aliphatic heterocycles. The Morgan fingerprint density at radius 3 is 3.04 bits per heavy atom. The van der Waals surface area contributed by atoms with E-state index in [-0.39, 0.29) is 17.0 Å². The van der Waals surface area contributed by atoms with E-state index in [1.807, 2.05) is 10.6 Å². The van der Waals surface area contributed by atoms with Crippen LogP contribution in [0.2, 0.25) is 0 Å². The van der Waals surface area contributed by atoms with E-state index in [2.05, 4.69) is 15.5 Å². The van der Waals surface area contributed by atoms with Crippen LogP contribution in [0.25, 0.3) is 0 Å². The summed E-state index contributed by atoms with van der Waals surface area (Å²) in [5.74, 6) is 0.627. The van der Waals surface area contributed by atoms with Gasteiger partial charge in [0, 0.05) is 37.4 Å². The van der Waals surface area contributed by atoms with Gasteiger partial charge >= 0.3 is 0 Å². The number of H-pyrrole nitrogens is 1. The number of nitrogens with one attached hydrogen (secondary N) is 2. The summed E-state index contributed by atoms with van der Waals surface area (Å²) in [6.45, 7) is 2.99. The molecule has 0 unspecified atom stereocenters. The van der Waals surface area contributed by atoms with Crippen molar-refractivity contribution in [1.82, 2.24) is 25.0 Å². The lowest BCUT2D eigenvalue weighted by molar-refractivity contribution is 0.0780. The Labute approximate surface area is 164 Å². The molecule has 148 valence electrons. The molecule has 5 rings (SSSR count). The van der Waals surface area contributed by atoms with E-state index in [9.17, 15) is 9.59 Å². The minimum atomic E-state index is -0.221. The molecule has 3 aliphatic rings. The van der Waals surface area contributed by atoms with Gasteiger partial charge in [-0.2, -0.15) is 5.10 Å². The Balaban J connectivity index is 1.40. The molecular weight excluding hydrogens is 354 g/mol. The minimum absolute atomic E-state index is 0.144. The first-order valence-electron chi connectivity index (χ1n) is 10.4. The fourth-order valence-corrected chi connectivity index (χ4v) is 5.14. The summed E-state index contributed by atoms with van der Waals surface area (Å²) in [7, 11) is 1.76. The Hall–Kier alpha value is -2.41. The summed E-state index contributed by atoms with van der Waals surface area (Å²) >= 11 is 0. The molecule has 0 aromatic carbocycles. The Bertz CT molecular complexity index is 976. The molecule has 0 saturated carbocycles. The number of carbonyl (C=O) groups is 1. The number of nitrogens with zero attached hydrogens (tertiary/aromatic N) is 3. The maximum Gasteiger partial charge on any atom is 0.263 e. The molecule has 2 aromatic heterocycles. The van der Waals surface area contributed by atoms with Gasteiger partial charge in [-0.15, -0.1) is 0 Å². The highest BCUT2D eigenvalue weighted by Crippen LogP contribution is 2.31. The monoisotopic (exact) mass is 381 g/mol. The van der Waals surface area contributed by atoms with Crippen LogP contribution in [0.3, 0.4) is 0 Å². The summed E-state index contributed by atoms with van der Waals surface area (Å²) < 4.78 is 1.84. The van der Waals surface area contributed by atoms with Crippen LogP contribution in [0.4, 0.5) is 0 Å². The number of aromatic amines is 1. The zero-order chi connectivity index (χ0) is 19.3. The zero-order valence-corrected chi connectivity index (χ0v) is 16.3. The van der Waals surface area contributed by atoms with E-state index in [0.717, 1.165) is 43.7 Å². The Morgan fingerprint density at radius 1 is 1.29 bits per heavy atom. The quantitative estimate of drug-likeness (QED) is 0.843. The average Bonchev–Trinajstić information content (AvgIpc) is 3.11. The Morgan fingerprint density at radius 2 is 2.14 bits per heavy atom. The molecule has 0 spiro atoms. The van der Waals surface area contributed by atoms with Crippen molar-refractivity contribution in [1.29, 1.82) is 0 Å². The maximum atomic E-state index is 13.1. The summed E-state index contributed by atoms with van der Waals surface area (Å²) in [4.78, 5) is 27.8. The molecule has 0 radical (unpaired) electrons. The molecule has 2 N–H and O–H groups in total. The molecular formula is C21H27N5O2. The van der Waals surface area contributed by atoms with Crippen molar-refractivity contribution in [3.63, 3.8) is 0 Å². The number of piperidine rings is 1. The van der Waals surface area contributed by atoms with E-state index in [1.165, 1.54) is 24.1 Å². The predicted octanol–water partition coefficient (Wildman–Crippen LogP) is 1.43. The second-order valence-corrected chi connectivity index (χ2v) is 8.54. The first-order valence-corrected chi connectivity index (χ1v) is 10.4. The van der Waals surface area contributed by atoms with Crippen molar-refractivity contribution >= 4 is 5.91 Å². The largest absolute Gasteiger partial charge is 0.336 e. The average molecular weight is 381 g/mol. The van der Waals surface area contributed by atoms with Gasteiger partial charge < -0.3 is 14.8 Å². The van der Waals surface area contributed by atoms with Gasteiger partial charge in [0.15, 0.2) is 0 Å². The smallest absolute Gasteiger partial charge is 0.263 e. The van der Waals surface area contributed by atoms with E-state index in [0.29, 0.717) is 24.9 Å². The lowest BCUT2D eigenvalue weighted by Crippen LogP contribution is -2.46. The van der Waals surface area contributed by atoms with E-state index in [1.54, 1.807) is 18.0 Å². The fourth-order valence-electron chi connectivity index (χ4n) is 5.14. The topological polar surface area (TPSA) is 83.0 Å². The van der Waals surface area contributed by atoms with Crippen molar-refractivity contribution in [3.05, 3.63) is 50.7 Å². The maximum absolute atomic E-state index is 13.1. The summed E-state index contributed by atoms with van der Waals surface area (Å²) in [6.07, 6.45) is 5.53. The van der Waals surface area contributed by atoms with Gasteiger partial charge in [-0.3, -0.25) is 14.7 Å². The fraction of sp³-hybridized carbons (Fsp3) is 0.571. The van der Waals surface area contributed by atoms with Crippen molar-refractivity contribution in [2.75, 3.05) is 20.1 Å². The number of aromatic nitrogens is 3. The molecule has 7 nitrogen and oxygen atoms in total. The van der Waals surface area contributed by atoms with Gasteiger partial charge in [0.25, 0.3) is 11.5 Å². The van der Waals surface area contributed by atoms with E-state index in [4.69, 9.17) is 0 Å². The van der Waals surface area contributed by atoms with Crippen LogP contribution < -0.4 is 10.9 Å². The summed E-state index contributed by atoms with van der Waals surface area (Å²) in [5, 5.41) is 11.0. The first kappa shape index (κ1) is 17.7. The van der Waals surface area contributed by atoms with E-state index >= 15 is 0 Å². The highest BCUT2D eigenvalue weighted by atomic mass is 16.2. The van der Waals surface area contributed by atoms with Crippen LogP contribution in [0.1, 0.15) is 58.2 Å². The van der Waals surface area contributed by atoms with Crippen LogP contribution in [-0.2, 0) is 25.9 Å². The second-order valence-electron chi connectivity index (χ2n) is 8.54. The number of pyridine rings is 1. The number of hydrogen-bond acceptors (Lipinski definition) is 4. The normalized spacial score (nSPS) is 23.0. The van der Waals surface area contributed by atoms with Crippen LogP contribution in [0.15, 0.2) is 16.9 Å². The van der Waals surface area contributed by atoms with E-state index < -0.39 is 0 Å². The SMILES string of the molecule is CN(Cc1n[nH]c2c1CCCC2)C(=O)c1ccc2n(c1=O)C[C@@H]1CNC[C@H]2C1. The lowest BCUT2D eigenvalue weighted by atomic mass is 9.84. The van der Waals surface area contributed by atoms with Gasteiger partial charge in [0.05, 0.1) is 12.2 Å². The lowest BCUT2D eigenvalue weighted by Gasteiger charge is -2.37. The number of carbonyl (C=O) groups excluding carboxylic acids is 1. The predicted molar refractivity (Wildman–Crippen MR) is 105 cm³/mol. The molecule has 2 bridgehead atoms. The number of rotatable bonds is 3. The number of fused-ring (bicyclic) bond motifs is 5. The summed E-state index contributed by atoms with van der Waals surface area (Å²) in [5.41, 5.74) is 4.58. The number of hydrogen-bond donors (Lipinski definition) is 2. The van der Waals surface area contributed by atoms with Gasteiger partial charge in [-0.25, -0.2) is 0 Å². The van der Waals surface area contributed by atoms with Gasteiger partial charge in [-0.1, -0.05) is 0 Å². The third-order valence-electron chi connectivity index (χ3n) is 6.61. The van der Waals surface area contributed by atoms with Crippen molar-refractivity contribution in [2.45, 2.75) is 51.1 Å². The number of amides is 1. The van der Waals surface area contributed by atoms with Crippen LogP contribution >= 0.6 is 0 Å². The Kier molecular flexibility index (Phi) is 4.34. The number of aryl methyl sites for hydroxylation is 1. The van der Waals surface area contributed by atoms with Crippen LogP contribution in [0.5, 0.6) is 0 Å². The third-order valence-corrected chi connectivity index (χ3v) is 6.61. The second kappa shape index (κ2) is 6.88. The molecule has 1 amide bonds. The van der Waals surface area contributed by atoms with Crippen molar-refractivity contribution in [3.8, 4) is 0 Å². The molecule has 2 atom stereocenters. The minimum Gasteiger partial charge on any atom is -0.336 e. The zero-order valence-electron chi connectivity index (χ0n) is 16.3. The molecule has 4 heterocycles. The summed E-state index contributed by atoms with van der Waals surface area (Å²) in [6, 6.07) is 3.70. The van der Waals surface area contributed by atoms with Gasteiger partial charge in [0.2, 0.25) is 0 Å². The molecule has 28 heavy (non-hydrogen) atoms.